The predicted octanol–water partition coefficient (Wildman–Crippen LogP) is 11.5. The van der Waals surface area contributed by atoms with E-state index in [0.29, 0.717) is 16.8 Å². The molecule has 0 aliphatic heterocycles. The second-order valence-corrected chi connectivity index (χ2v) is 12.3. The lowest BCUT2D eigenvalue weighted by molar-refractivity contribution is 1.18. The summed E-state index contributed by atoms with van der Waals surface area (Å²) in [5.74, 6) is 0. The summed E-state index contributed by atoms with van der Waals surface area (Å²) in [6, 6.07) is 55.6. The molecule has 0 amide bonds. The van der Waals surface area contributed by atoms with Gasteiger partial charge in [-0.3, -0.25) is 0 Å². The number of para-hydroxylation sites is 3. The third kappa shape index (κ3) is 4.38. The lowest BCUT2D eigenvalue weighted by atomic mass is 9.91. The van der Waals surface area contributed by atoms with Gasteiger partial charge in [0.25, 0.3) is 0 Å². The fourth-order valence-electron chi connectivity index (χ4n) is 7.41. The highest BCUT2D eigenvalue weighted by atomic mass is 15.0. The average molecular weight is 636 g/mol. The number of hydrogen-bond acceptors (Lipinski definition) is 2. The van der Waals surface area contributed by atoms with Crippen molar-refractivity contribution in [1.29, 1.82) is 10.5 Å². The van der Waals surface area contributed by atoms with Gasteiger partial charge in [-0.25, -0.2) is 4.85 Å². The lowest BCUT2D eigenvalue weighted by Gasteiger charge is -2.18. The third-order valence-electron chi connectivity index (χ3n) is 9.59. The van der Waals surface area contributed by atoms with Gasteiger partial charge in [-0.15, -0.1) is 0 Å². The standard InChI is InChI=1S/C45H25N5/c1-48-32-19-21-38-36-12-3-7-16-43(36)50(45(38)26-32)42-15-6-2-11-35(42)34-20-17-29(27-46)23-39(34)31-9-8-10-33(25-31)49-41-14-5-4-13-37(41)40-24-30(28-47)18-22-44(40)49/h2-26H. The summed E-state index contributed by atoms with van der Waals surface area (Å²) in [5, 5.41) is 24.0. The Balaban J connectivity index is 1.29. The highest BCUT2D eigenvalue weighted by molar-refractivity contribution is 6.11. The molecule has 0 saturated carbocycles. The van der Waals surface area contributed by atoms with Crippen molar-refractivity contribution in [3.63, 3.8) is 0 Å². The monoisotopic (exact) mass is 635 g/mol. The molecule has 0 bridgehead atoms. The number of benzene rings is 7. The highest BCUT2D eigenvalue weighted by Gasteiger charge is 2.19. The van der Waals surface area contributed by atoms with Crippen LogP contribution < -0.4 is 0 Å². The van der Waals surface area contributed by atoms with Crippen LogP contribution in [0.15, 0.2) is 152 Å². The molecule has 5 heteroatoms. The van der Waals surface area contributed by atoms with Crippen LogP contribution in [-0.2, 0) is 0 Å². The van der Waals surface area contributed by atoms with Crippen molar-refractivity contribution in [3.8, 4) is 45.8 Å². The Bertz CT molecular complexity index is 2970. The Morgan fingerprint density at radius 1 is 0.460 bits per heavy atom. The van der Waals surface area contributed by atoms with Crippen molar-refractivity contribution in [1.82, 2.24) is 9.13 Å². The molecule has 9 aromatic rings. The molecule has 0 fully saturated rings. The van der Waals surface area contributed by atoms with Crippen molar-refractivity contribution in [2.75, 3.05) is 0 Å². The smallest absolute Gasteiger partial charge is 0.189 e. The molecule has 0 atom stereocenters. The molecular weight excluding hydrogens is 611 g/mol. The number of nitriles is 2. The maximum atomic E-state index is 10.0. The van der Waals surface area contributed by atoms with Crippen LogP contribution in [0.3, 0.4) is 0 Å². The van der Waals surface area contributed by atoms with Gasteiger partial charge in [0.05, 0.1) is 52.1 Å². The summed E-state index contributed by atoms with van der Waals surface area (Å²) in [6.45, 7) is 7.72. The summed E-state index contributed by atoms with van der Waals surface area (Å²) in [6.07, 6.45) is 0. The van der Waals surface area contributed by atoms with Gasteiger partial charge in [0.2, 0.25) is 0 Å². The third-order valence-corrected chi connectivity index (χ3v) is 9.59. The number of fused-ring (bicyclic) bond motifs is 6. The van der Waals surface area contributed by atoms with Crippen LogP contribution in [0.25, 0.3) is 82.1 Å². The topological polar surface area (TPSA) is 61.8 Å². The fourth-order valence-corrected chi connectivity index (χ4v) is 7.41. The van der Waals surface area contributed by atoms with Gasteiger partial charge in [-0.05, 0) is 83.4 Å². The zero-order valence-electron chi connectivity index (χ0n) is 26.7. The van der Waals surface area contributed by atoms with E-state index in [0.717, 1.165) is 77.2 Å². The number of hydrogen-bond donors (Lipinski definition) is 0. The van der Waals surface area contributed by atoms with Crippen molar-refractivity contribution < 1.29 is 0 Å². The molecule has 7 aromatic carbocycles. The van der Waals surface area contributed by atoms with Gasteiger partial charge in [0.1, 0.15) is 0 Å². The molecule has 0 unspecified atom stereocenters. The molecule has 0 radical (unpaired) electrons. The Hall–Kier alpha value is -7.39. The van der Waals surface area contributed by atoms with Gasteiger partial charge in [0.15, 0.2) is 5.69 Å². The quantitative estimate of drug-likeness (QED) is 0.181. The lowest BCUT2D eigenvalue weighted by Crippen LogP contribution is -1.99. The molecule has 0 spiro atoms. The van der Waals surface area contributed by atoms with E-state index in [4.69, 9.17) is 6.57 Å². The Morgan fingerprint density at radius 2 is 1.12 bits per heavy atom. The number of aromatic nitrogens is 2. The molecule has 50 heavy (non-hydrogen) atoms. The first-order valence-electron chi connectivity index (χ1n) is 16.3. The zero-order chi connectivity index (χ0) is 33.8. The predicted molar refractivity (Wildman–Crippen MR) is 202 cm³/mol. The van der Waals surface area contributed by atoms with E-state index >= 15 is 0 Å². The SMILES string of the molecule is [C-]#[N+]c1ccc2c3ccccc3n(-c3ccccc3-c3ccc(C#N)cc3-c3cccc(-n4c5ccccc5c5cc(C#N)ccc54)c3)c2c1. The summed E-state index contributed by atoms with van der Waals surface area (Å²) >= 11 is 0. The van der Waals surface area contributed by atoms with Crippen LogP contribution in [0.1, 0.15) is 11.1 Å². The van der Waals surface area contributed by atoms with Crippen LogP contribution in [0.5, 0.6) is 0 Å². The minimum atomic E-state index is 0.575. The van der Waals surface area contributed by atoms with E-state index in [1.54, 1.807) is 0 Å². The first kappa shape index (κ1) is 28.8. The van der Waals surface area contributed by atoms with Gasteiger partial charge in [-0.2, -0.15) is 10.5 Å². The van der Waals surface area contributed by atoms with Crippen molar-refractivity contribution in [2.45, 2.75) is 0 Å². The molecule has 5 nitrogen and oxygen atoms in total. The Labute approximate surface area is 288 Å². The minimum Gasteiger partial charge on any atom is -0.310 e. The maximum Gasteiger partial charge on any atom is 0.189 e. The van der Waals surface area contributed by atoms with E-state index in [-0.39, 0.29) is 0 Å². The van der Waals surface area contributed by atoms with Crippen LogP contribution >= 0.6 is 0 Å². The molecule has 0 aliphatic carbocycles. The van der Waals surface area contributed by atoms with E-state index in [1.165, 1.54) is 0 Å². The van der Waals surface area contributed by atoms with Gasteiger partial charge < -0.3 is 9.13 Å². The van der Waals surface area contributed by atoms with Gasteiger partial charge >= 0.3 is 0 Å². The number of rotatable bonds is 4. The Kier molecular flexibility index (Phi) is 6.56. The first-order valence-corrected chi connectivity index (χ1v) is 16.3. The molecule has 0 aliphatic rings. The second-order valence-electron chi connectivity index (χ2n) is 12.3. The minimum absolute atomic E-state index is 0.575. The van der Waals surface area contributed by atoms with Gasteiger partial charge in [-0.1, -0.05) is 84.9 Å². The normalized spacial score (nSPS) is 11.1. The maximum absolute atomic E-state index is 10.0. The van der Waals surface area contributed by atoms with Crippen LogP contribution in [0.2, 0.25) is 0 Å². The van der Waals surface area contributed by atoms with Crippen LogP contribution in [0, 0.1) is 29.2 Å². The average Bonchev–Trinajstić information content (AvgIpc) is 3.69. The van der Waals surface area contributed by atoms with E-state index in [9.17, 15) is 10.5 Å². The summed E-state index contributed by atoms with van der Waals surface area (Å²) < 4.78 is 4.49. The van der Waals surface area contributed by atoms with Crippen molar-refractivity contribution >= 4 is 49.3 Å². The summed E-state index contributed by atoms with van der Waals surface area (Å²) in [4.78, 5) is 3.74. The van der Waals surface area contributed by atoms with Crippen LogP contribution in [-0.4, -0.2) is 9.13 Å². The summed E-state index contributed by atoms with van der Waals surface area (Å²) in [7, 11) is 0. The Morgan fingerprint density at radius 3 is 1.92 bits per heavy atom. The summed E-state index contributed by atoms with van der Waals surface area (Å²) in [5.41, 5.74) is 11.8. The second kappa shape index (κ2) is 11.4. The van der Waals surface area contributed by atoms with E-state index in [2.05, 4.69) is 86.8 Å². The fraction of sp³-hybridized carbons (Fsp3) is 0. The van der Waals surface area contributed by atoms with E-state index < -0.39 is 0 Å². The van der Waals surface area contributed by atoms with Gasteiger partial charge in [0, 0.05) is 38.3 Å². The van der Waals surface area contributed by atoms with Crippen molar-refractivity contribution in [2.24, 2.45) is 0 Å². The number of nitrogens with zero attached hydrogens (tertiary/aromatic N) is 5. The molecule has 230 valence electrons. The highest BCUT2D eigenvalue weighted by Crippen LogP contribution is 2.41. The largest absolute Gasteiger partial charge is 0.310 e. The van der Waals surface area contributed by atoms with Crippen LogP contribution in [0.4, 0.5) is 5.69 Å². The molecule has 2 aromatic heterocycles. The molecule has 0 N–H and O–H groups in total. The molecule has 0 saturated heterocycles. The zero-order valence-corrected chi connectivity index (χ0v) is 26.7. The van der Waals surface area contributed by atoms with E-state index in [1.807, 2.05) is 91.0 Å². The molecule has 9 rings (SSSR count). The molecular formula is C45H25N5. The van der Waals surface area contributed by atoms with Crippen molar-refractivity contribution in [3.05, 3.63) is 174 Å². The first-order chi connectivity index (χ1) is 24.7. The molecule has 2 heterocycles.